The van der Waals surface area contributed by atoms with Crippen LogP contribution >= 0.6 is 0 Å². The van der Waals surface area contributed by atoms with Crippen LogP contribution in [0.4, 0.5) is 4.39 Å². The fraction of sp³-hybridized carbons (Fsp3) is 0.652. The molecule has 0 bridgehead atoms. The van der Waals surface area contributed by atoms with E-state index in [9.17, 15) is 19.1 Å². The molecule has 176 valence electrons. The normalized spacial score (nSPS) is 29.7. The zero-order valence-electron chi connectivity index (χ0n) is 18.5. The number of carbonyl (C=O) groups excluding carboxylic acids is 2. The van der Waals surface area contributed by atoms with E-state index < -0.39 is 23.9 Å². The molecular formula is C23H32FN3O5. The Kier molecular flexibility index (Phi) is 7.40. The molecule has 0 unspecified atom stereocenters. The molecule has 4 atom stereocenters. The zero-order chi connectivity index (χ0) is 22.7. The van der Waals surface area contributed by atoms with E-state index in [2.05, 4.69) is 4.90 Å². The van der Waals surface area contributed by atoms with E-state index in [0.717, 1.165) is 26.2 Å². The largest absolute Gasteiger partial charge is 0.389 e. The van der Waals surface area contributed by atoms with Crippen molar-refractivity contribution in [3.05, 3.63) is 35.6 Å². The van der Waals surface area contributed by atoms with Gasteiger partial charge in [-0.25, -0.2) is 4.39 Å². The third-order valence-electron chi connectivity index (χ3n) is 6.60. The third-order valence-corrected chi connectivity index (χ3v) is 6.60. The van der Waals surface area contributed by atoms with Gasteiger partial charge in [-0.3, -0.25) is 9.59 Å². The van der Waals surface area contributed by atoms with Gasteiger partial charge in [0, 0.05) is 32.7 Å². The lowest BCUT2D eigenvalue weighted by atomic mass is 9.94. The smallest absolute Gasteiger partial charge is 0.257 e. The van der Waals surface area contributed by atoms with Gasteiger partial charge in [0.15, 0.2) is 0 Å². The Balaban J connectivity index is 1.44. The molecule has 1 aromatic carbocycles. The number of amides is 2. The van der Waals surface area contributed by atoms with Crippen molar-refractivity contribution in [1.82, 2.24) is 14.7 Å². The lowest BCUT2D eigenvalue weighted by Crippen LogP contribution is -2.57. The Morgan fingerprint density at radius 1 is 1.12 bits per heavy atom. The fourth-order valence-electron chi connectivity index (χ4n) is 4.74. The molecule has 3 heterocycles. The van der Waals surface area contributed by atoms with Crippen molar-refractivity contribution in [3.8, 4) is 0 Å². The Labute approximate surface area is 187 Å². The van der Waals surface area contributed by atoms with Crippen LogP contribution in [-0.2, 0) is 14.3 Å². The van der Waals surface area contributed by atoms with Crippen LogP contribution in [0, 0.1) is 5.82 Å². The van der Waals surface area contributed by atoms with E-state index in [1.807, 2.05) is 11.9 Å². The predicted octanol–water partition coefficient (Wildman–Crippen LogP) is 0.739. The summed E-state index contributed by atoms with van der Waals surface area (Å²) in [6.07, 6.45) is -0.0294. The molecule has 0 aliphatic carbocycles. The monoisotopic (exact) mass is 449 g/mol. The number of benzene rings is 1. The molecule has 8 nitrogen and oxygen atoms in total. The van der Waals surface area contributed by atoms with Crippen LogP contribution in [0.1, 0.15) is 29.6 Å². The number of carbonyl (C=O) groups is 2. The second-order valence-electron chi connectivity index (χ2n) is 8.96. The Bertz CT molecular complexity index is 817. The molecular weight excluding hydrogens is 417 g/mol. The van der Waals surface area contributed by atoms with Crippen LogP contribution in [0.5, 0.6) is 0 Å². The van der Waals surface area contributed by atoms with Crippen LogP contribution in [0.15, 0.2) is 24.3 Å². The zero-order valence-corrected chi connectivity index (χ0v) is 18.5. The molecule has 0 saturated carbocycles. The Hall–Kier alpha value is -2.07. The van der Waals surface area contributed by atoms with Crippen LogP contribution in [0.3, 0.4) is 0 Å². The molecule has 3 saturated heterocycles. The maximum atomic E-state index is 14.3. The summed E-state index contributed by atoms with van der Waals surface area (Å²) in [5.41, 5.74) is -0.0210. The second kappa shape index (κ2) is 10.2. The first kappa shape index (κ1) is 23.1. The summed E-state index contributed by atoms with van der Waals surface area (Å²) in [6.45, 7) is 3.50. The van der Waals surface area contributed by atoms with Crippen molar-refractivity contribution < 1.29 is 28.6 Å². The van der Waals surface area contributed by atoms with Gasteiger partial charge in [0.1, 0.15) is 11.9 Å². The fourth-order valence-corrected chi connectivity index (χ4v) is 4.74. The minimum Gasteiger partial charge on any atom is -0.389 e. The predicted molar refractivity (Wildman–Crippen MR) is 115 cm³/mol. The first-order chi connectivity index (χ1) is 15.4. The molecule has 4 rings (SSSR count). The summed E-state index contributed by atoms with van der Waals surface area (Å²) in [4.78, 5) is 31.6. The van der Waals surface area contributed by atoms with Crippen LogP contribution < -0.4 is 0 Å². The van der Waals surface area contributed by atoms with E-state index in [-0.39, 0.29) is 43.4 Å². The van der Waals surface area contributed by atoms with E-state index in [1.54, 1.807) is 6.07 Å². The van der Waals surface area contributed by atoms with Gasteiger partial charge in [0.2, 0.25) is 5.91 Å². The van der Waals surface area contributed by atoms with Crippen molar-refractivity contribution in [2.24, 2.45) is 0 Å². The summed E-state index contributed by atoms with van der Waals surface area (Å²) < 4.78 is 26.1. The molecule has 3 aliphatic heterocycles. The number of aliphatic hydroxyl groups is 1. The van der Waals surface area contributed by atoms with Gasteiger partial charge < -0.3 is 29.3 Å². The Morgan fingerprint density at radius 2 is 1.88 bits per heavy atom. The number of aliphatic hydroxyl groups excluding tert-OH is 1. The molecule has 3 fully saturated rings. The van der Waals surface area contributed by atoms with Crippen molar-refractivity contribution in [1.29, 1.82) is 0 Å². The van der Waals surface area contributed by atoms with Crippen molar-refractivity contribution >= 4 is 11.8 Å². The SMILES string of the molecule is CN1CCN(C(=O)C[C@H]2CC[C@H]3[C@@H](COC[C@H](O)CN3C(=O)c3ccccc3F)O2)CC1. The molecule has 1 aromatic rings. The highest BCUT2D eigenvalue weighted by Crippen LogP contribution is 2.29. The van der Waals surface area contributed by atoms with E-state index in [0.29, 0.717) is 19.3 Å². The molecule has 32 heavy (non-hydrogen) atoms. The van der Waals surface area contributed by atoms with Gasteiger partial charge in [0.25, 0.3) is 5.91 Å². The number of rotatable bonds is 3. The van der Waals surface area contributed by atoms with Gasteiger partial charge in [-0.05, 0) is 32.0 Å². The van der Waals surface area contributed by atoms with Gasteiger partial charge in [-0.2, -0.15) is 0 Å². The number of halogens is 1. The van der Waals surface area contributed by atoms with E-state index in [4.69, 9.17) is 9.47 Å². The summed E-state index contributed by atoms with van der Waals surface area (Å²) in [5, 5.41) is 10.3. The molecule has 1 N–H and O–H groups in total. The van der Waals surface area contributed by atoms with Gasteiger partial charge in [-0.1, -0.05) is 12.1 Å². The first-order valence-corrected chi connectivity index (χ1v) is 11.4. The first-order valence-electron chi connectivity index (χ1n) is 11.4. The average molecular weight is 450 g/mol. The van der Waals surface area contributed by atoms with Crippen LogP contribution in [0.2, 0.25) is 0 Å². The minimum absolute atomic E-state index is 0.0210. The number of hydrogen-bond donors (Lipinski definition) is 1. The van der Waals surface area contributed by atoms with Crippen molar-refractivity contribution in [2.45, 2.75) is 43.6 Å². The van der Waals surface area contributed by atoms with Crippen molar-refractivity contribution in [3.63, 3.8) is 0 Å². The Morgan fingerprint density at radius 3 is 2.62 bits per heavy atom. The standard InChI is InChI=1S/C23H32FN3O5/c1-25-8-10-26(11-9-25)22(29)12-17-6-7-20-21(32-17)15-31-14-16(28)13-27(20)23(30)18-4-2-3-5-19(18)24/h2-5,16-17,20-21,28H,6-15H2,1H3/t16-,17-,20+,21-/m1/s1. The van der Waals surface area contributed by atoms with Gasteiger partial charge in [0.05, 0.1) is 43.4 Å². The molecule has 0 spiro atoms. The number of piperazine rings is 1. The lowest BCUT2D eigenvalue weighted by Gasteiger charge is -2.44. The maximum Gasteiger partial charge on any atom is 0.257 e. The maximum absolute atomic E-state index is 14.3. The number of ether oxygens (including phenoxy) is 2. The number of nitrogens with zero attached hydrogens (tertiary/aromatic N) is 3. The van der Waals surface area contributed by atoms with Gasteiger partial charge in [-0.15, -0.1) is 0 Å². The number of fused-ring (bicyclic) bond motifs is 1. The minimum atomic E-state index is -0.858. The molecule has 2 amide bonds. The highest BCUT2D eigenvalue weighted by Gasteiger charge is 2.41. The van der Waals surface area contributed by atoms with Crippen LogP contribution in [0.25, 0.3) is 0 Å². The van der Waals surface area contributed by atoms with Crippen LogP contribution in [-0.4, -0.2) is 109 Å². The lowest BCUT2D eigenvalue weighted by molar-refractivity contribution is -0.155. The molecule has 9 heteroatoms. The number of likely N-dealkylation sites (N-methyl/N-ethyl adjacent to an activating group) is 1. The highest BCUT2D eigenvalue weighted by atomic mass is 19.1. The summed E-state index contributed by atoms with van der Waals surface area (Å²) in [6, 6.07) is 5.51. The van der Waals surface area contributed by atoms with Gasteiger partial charge >= 0.3 is 0 Å². The molecule has 0 aromatic heterocycles. The number of hydrogen-bond acceptors (Lipinski definition) is 6. The van der Waals surface area contributed by atoms with E-state index in [1.165, 1.54) is 23.1 Å². The van der Waals surface area contributed by atoms with Crippen molar-refractivity contribution in [2.75, 3.05) is 53.0 Å². The second-order valence-corrected chi connectivity index (χ2v) is 8.96. The average Bonchev–Trinajstić information content (AvgIpc) is 2.77. The molecule has 0 radical (unpaired) electrons. The third kappa shape index (κ3) is 5.28. The number of β-amino-alcohol motifs (C(OH)–C–C–N with tert-alkyl or cyclic N) is 1. The topological polar surface area (TPSA) is 82.6 Å². The quantitative estimate of drug-likeness (QED) is 0.733. The summed E-state index contributed by atoms with van der Waals surface area (Å²) >= 11 is 0. The molecule has 3 aliphatic rings. The summed E-state index contributed by atoms with van der Waals surface area (Å²) in [5.74, 6) is -0.966. The van der Waals surface area contributed by atoms with E-state index >= 15 is 0 Å². The summed E-state index contributed by atoms with van der Waals surface area (Å²) in [7, 11) is 2.05. The highest BCUT2D eigenvalue weighted by molar-refractivity contribution is 5.94.